The van der Waals surface area contributed by atoms with Gasteiger partial charge in [0.2, 0.25) is 5.91 Å². The molecule has 0 radical (unpaired) electrons. The zero-order valence-corrected chi connectivity index (χ0v) is 9.45. The van der Waals surface area contributed by atoms with Gasteiger partial charge in [-0.15, -0.1) is 6.58 Å². The number of rotatable bonds is 3. The van der Waals surface area contributed by atoms with Crippen molar-refractivity contribution in [2.24, 2.45) is 0 Å². The lowest BCUT2D eigenvalue weighted by Gasteiger charge is -2.17. The number of aryl methyl sites for hydroxylation is 1. The highest BCUT2D eigenvalue weighted by Crippen LogP contribution is 2.23. The summed E-state index contributed by atoms with van der Waals surface area (Å²) in [4.78, 5) is 22.9. The van der Waals surface area contributed by atoms with Crippen LogP contribution in [0.2, 0.25) is 0 Å². The topological polar surface area (TPSA) is 58.2 Å². The molecule has 4 nitrogen and oxygen atoms in total. The Labute approximate surface area is 99.7 Å². The average molecular weight is 230 g/mol. The lowest BCUT2D eigenvalue weighted by atomic mass is 10.00. The molecule has 17 heavy (non-hydrogen) atoms. The standard InChI is InChI=1S/C13H14N2O2/c1-2-7-14-13(17)10-3-5-11-9(8-10)4-6-12(16)15-11/h2-3,5,8H,1,4,6-7H2,(H,14,17)(H,15,16). The molecule has 0 fully saturated rings. The molecule has 2 amide bonds. The minimum atomic E-state index is -0.121. The van der Waals surface area contributed by atoms with Crippen LogP contribution >= 0.6 is 0 Å². The molecular weight excluding hydrogens is 216 g/mol. The molecular formula is C13H14N2O2. The molecule has 2 N–H and O–H groups in total. The van der Waals surface area contributed by atoms with Gasteiger partial charge in [0, 0.05) is 24.2 Å². The van der Waals surface area contributed by atoms with Gasteiger partial charge in [-0.1, -0.05) is 6.08 Å². The second kappa shape index (κ2) is 4.82. The lowest BCUT2D eigenvalue weighted by Crippen LogP contribution is -2.24. The Hall–Kier alpha value is -2.10. The summed E-state index contributed by atoms with van der Waals surface area (Å²) in [6, 6.07) is 5.31. The quantitative estimate of drug-likeness (QED) is 0.773. The van der Waals surface area contributed by atoms with Crippen molar-refractivity contribution in [3.63, 3.8) is 0 Å². The third-order valence-corrected chi connectivity index (χ3v) is 2.67. The number of carbonyl (C=O) groups is 2. The molecule has 2 rings (SSSR count). The van der Waals surface area contributed by atoms with Crippen LogP contribution in [0, 0.1) is 0 Å². The number of anilines is 1. The van der Waals surface area contributed by atoms with Gasteiger partial charge in [0.1, 0.15) is 0 Å². The monoisotopic (exact) mass is 230 g/mol. The molecule has 0 aromatic heterocycles. The highest BCUT2D eigenvalue weighted by atomic mass is 16.2. The molecule has 1 heterocycles. The van der Waals surface area contributed by atoms with E-state index in [-0.39, 0.29) is 11.8 Å². The minimum Gasteiger partial charge on any atom is -0.349 e. The predicted octanol–water partition coefficient (Wildman–Crippen LogP) is 1.49. The Balaban J connectivity index is 2.19. The van der Waals surface area contributed by atoms with E-state index in [0.717, 1.165) is 11.3 Å². The summed E-state index contributed by atoms with van der Waals surface area (Å²) in [6.07, 6.45) is 2.80. The van der Waals surface area contributed by atoms with Gasteiger partial charge in [0.15, 0.2) is 0 Å². The molecule has 1 aromatic rings. The minimum absolute atomic E-state index is 0.0290. The number of hydrogen-bond acceptors (Lipinski definition) is 2. The van der Waals surface area contributed by atoms with Crippen molar-refractivity contribution in [2.45, 2.75) is 12.8 Å². The second-order valence-electron chi connectivity index (χ2n) is 3.92. The number of benzene rings is 1. The van der Waals surface area contributed by atoms with Crippen LogP contribution in [0.3, 0.4) is 0 Å². The zero-order chi connectivity index (χ0) is 12.3. The van der Waals surface area contributed by atoms with Crippen molar-refractivity contribution >= 4 is 17.5 Å². The first-order valence-electron chi connectivity index (χ1n) is 5.52. The van der Waals surface area contributed by atoms with Crippen LogP contribution < -0.4 is 10.6 Å². The van der Waals surface area contributed by atoms with E-state index < -0.39 is 0 Å². The van der Waals surface area contributed by atoms with Crippen molar-refractivity contribution in [1.29, 1.82) is 0 Å². The highest BCUT2D eigenvalue weighted by Gasteiger charge is 2.16. The van der Waals surface area contributed by atoms with Crippen molar-refractivity contribution in [3.05, 3.63) is 42.0 Å². The summed E-state index contributed by atoms with van der Waals surface area (Å²) >= 11 is 0. The van der Waals surface area contributed by atoms with E-state index in [1.807, 2.05) is 6.07 Å². The van der Waals surface area contributed by atoms with Crippen molar-refractivity contribution in [2.75, 3.05) is 11.9 Å². The Kier molecular flexibility index (Phi) is 3.23. The summed E-state index contributed by atoms with van der Waals surface area (Å²) in [5.74, 6) is -0.0917. The van der Waals surface area contributed by atoms with Crippen LogP contribution in [0.5, 0.6) is 0 Å². The summed E-state index contributed by atoms with van der Waals surface area (Å²) in [5.41, 5.74) is 2.43. The fourth-order valence-corrected chi connectivity index (χ4v) is 1.79. The second-order valence-corrected chi connectivity index (χ2v) is 3.92. The summed E-state index contributed by atoms with van der Waals surface area (Å²) in [5, 5.41) is 5.50. The lowest BCUT2D eigenvalue weighted by molar-refractivity contribution is -0.116. The average Bonchev–Trinajstić information content (AvgIpc) is 2.35. The number of nitrogens with one attached hydrogen (secondary N) is 2. The highest BCUT2D eigenvalue weighted by molar-refractivity contribution is 5.97. The maximum absolute atomic E-state index is 11.7. The maximum Gasteiger partial charge on any atom is 0.251 e. The molecule has 1 aliphatic heterocycles. The fraction of sp³-hybridized carbons (Fsp3) is 0.231. The molecule has 0 saturated heterocycles. The molecule has 0 aliphatic carbocycles. The van der Waals surface area contributed by atoms with E-state index >= 15 is 0 Å². The Morgan fingerprint density at radius 3 is 3.06 bits per heavy atom. The zero-order valence-electron chi connectivity index (χ0n) is 9.45. The predicted molar refractivity (Wildman–Crippen MR) is 65.9 cm³/mol. The van der Waals surface area contributed by atoms with E-state index in [4.69, 9.17) is 0 Å². The number of fused-ring (bicyclic) bond motifs is 1. The Morgan fingerprint density at radius 2 is 2.29 bits per heavy atom. The van der Waals surface area contributed by atoms with Gasteiger partial charge in [0.05, 0.1) is 0 Å². The van der Waals surface area contributed by atoms with E-state index in [1.54, 1.807) is 18.2 Å². The van der Waals surface area contributed by atoms with Crippen molar-refractivity contribution in [1.82, 2.24) is 5.32 Å². The first kappa shape index (κ1) is 11.4. The van der Waals surface area contributed by atoms with E-state index in [2.05, 4.69) is 17.2 Å². The largest absolute Gasteiger partial charge is 0.349 e. The summed E-state index contributed by atoms with van der Waals surface area (Å²) in [7, 11) is 0. The molecule has 0 spiro atoms. The van der Waals surface area contributed by atoms with Gasteiger partial charge in [0.25, 0.3) is 5.91 Å². The van der Waals surface area contributed by atoms with Crippen LogP contribution in [-0.2, 0) is 11.2 Å². The fourth-order valence-electron chi connectivity index (χ4n) is 1.79. The van der Waals surface area contributed by atoms with Crippen LogP contribution in [0.15, 0.2) is 30.9 Å². The van der Waals surface area contributed by atoms with Gasteiger partial charge in [-0.2, -0.15) is 0 Å². The maximum atomic E-state index is 11.7. The first-order valence-corrected chi connectivity index (χ1v) is 5.52. The van der Waals surface area contributed by atoms with Gasteiger partial charge < -0.3 is 10.6 Å². The smallest absolute Gasteiger partial charge is 0.251 e. The Bertz CT molecular complexity index is 480. The molecule has 0 atom stereocenters. The van der Waals surface area contributed by atoms with E-state index in [0.29, 0.717) is 24.9 Å². The van der Waals surface area contributed by atoms with Crippen molar-refractivity contribution < 1.29 is 9.59 Å². The molecule has 4 heteroatoms. The van der Waals surface area contributed by atoms with E-state index in [1.165, 1.54) is 0 Å². The molecule has 0 bridgehead atoms. The number of hydrogen-bond donors (Lipinski definition) is 2. The van der Waals surface area contributed by atoms with Crippen LogP contribution in [0.25, 0.3) is 0 Å². The third kappa shape index (κ3) is 2.53. The summed E-state index contributed by atoms with van der Waals surface area (Å²) < 4.78 is 0. The van der Waals surface area contributed by atoms with Gasteiger partial charge in [-0.3, -0.25) is 9.59 Å². The molecule has 0 saturated carbocycles. The summed E-state index contributed by atoms with van der Waals surface area (Å²) in [6.45, 7) is 3.99. The molecule has 0 unspecified atom stereocenters. The van der Waals surface area contributed by atoms with Gasteiger partial charge in [-0.05, 0) is 30.2 Å². The Morgan fingerprint density at radius 1 is 1.47 bits per heavy atom. The normalized spacial score (nSPS) is 13.5. The first-order chi connectivity index (χ1) is 8.20. The molecule has 1 aliphatic rings. The molecule has 1 aromatic carbocycles. The molecule has 88 valence electrons. The van der Waals surface area contributed by atoms with Crippen molar-refractivity contribution in [3.8, 4) is 0 Å². The van der Waals surface area contributed by atoms with Gasteiger partial charge in [-0.25, -0.2) is 0 Å². The van der Waals surface area contributed by atoms with Gasteiger partial charge >= 0.3 is 0 Å². The van der Waals surface area contributed by atoms with E-state index in [9.17, 15) is 9.59 Å². The van der Waals surface area contributed by atoms with Crippen LogP contribution in [-0.4, -0.2) is 18.4 Å². The van der Waals surface area contributed by atoms with Crippen LogP contribution in [0.1, 0.15) is 22.3 Å². The third-order valence-electron chi connectivity index (χ3n) is 2.67. The SMILES string of the molecule is C=CCNC(=O)c1ccc2c(c1)CCC(=O)N2. The number of carbonyl (C=O) groups excluding carboxylic acids is 2. The number of amides is 2. The van der Waals surface area contributed by atoms with Crippen LogP contribution in [0.4, 0.5) is 5.69 Å².